The second-order valence-electron chi connectivity index (χ2n) is 2.87. The van der Waals surface area contributed by atoms with Crippen molar-refractivity contribution in [3.05, 3.63) is 36.2 Å². The molecule has 5 heteroatoms. The molecule has 0 aromatic carbocycles. The lowest BCUT2D eigenvalue weighted by molar-refractivity contribution is 1.08. The molecule has 0 radical (unpaired) electrons. The molecule has 0 aliphatic heterocycles. The van der Waals surface area contributed by atoms with Crippen LogP contribution >= 0.6 is 0 Å². The summed E-state index contributed by atoms with van der Waals surface area (Å²) in [6.07, 6.45) is 7.78. The number of hydrogen-bond donors (Lipinski definition) is 3. The Balaban J connectivity index is 2.82. The van der Waals surface area contributed by atoms with Crippen molar-refractivity contribution >= 4 is 11.7 Å². The van der Waals surface area contributed by atoms with Crippen LogP contribution in [0.5, 0.6) is 0 Å². The van der Waals surface area contributed by atoms with E-state index in [0.717, 1.165) is 6.42 Å². The molecule has 1 aromatic heterocycles. The van der Waals surface area contributed by atoms with Gasteiger partial charge >= 0.3 is 0 Å². The van der Waals surface area contributed by atoms with Crippen LogP contribution in [0.15, 0.2) is 41.2 Å². The zero-order chi connectivity index (χ0) is 11.1. The minimum Gasteiger partial charge on any atom is -0.404 e. The van der Waals surface area contributed by atoms with Crippen molar-refractivity contribution in [3.8, 4) is 0 Å². The Hall–Kier alpha value is -2.04. The van der Waals surface area contributed by atoms with Crippen molar-refractivity contribution < 1.29 is 0 Å². The number of nitrogens with two attached hydrogens (primary N) is 2. The second-order valence-corrected chi connectivity index (χ2v) is 2.87. The summed E-state index contributed by atoms with van der Waals surface area (Å²) >= 11 is 0. The van der Waals surface area contributed by atoms with Crippen LogP contribution in [0.2, 0.25) is 0 Å². The van der Waals surface area contributed by atoms with Crippen molar-refractivity contribution in [2.24, 2.45) is 16.5 Å². The maximum atomic E-state index is 5.76. The fourth-order valence-electron chi connectivity index (χ4n) is 0.976. The number of aromatic amines is 1. The lowest BCUT2D eigenvalue weighted by Gasteiger charge is -1.99. The van der Waals surface area contributed by atoms with E-state index in [4.69, 9.17) is 11.5 Å². The molecule has 5 nitrogen and oxygen atoms in total. The quantitative estimate of drug-likeness (QED) is 0.392. The van der Waals surface area contributed by atoms with E-state index in [1.165, 1.54) is 6.20 Å². The van der Waals surface area contributed by atoms with E-state index in [0.29, 0.717) is 17.2 Å². The molecule has 0 fully saturated rings. The Kier molecular flexibility index (Phi) is 4.15. The van der Waals surface area contributed by atoms with E-state index in [-0.39, 0.29) is 0 Å². The average Bonchev–Trinajstić information content (AvgIpc) is 2.71. The van der Waals surface area contributed by atoms with Crippen molar-refractivity contribution in [2.75, 3.05) is 0 Å². The highest BCUT2D eigenvalue weighted by Crippen LogP contribution is 2.07. The van der Waals surface area contributed by atoms with Crippen LogP contribution in [0.3, 0.4) is 0 Å². The molecule has 0 saturated heterocycles. The van der Waals surface area contributed by atoms with E-state index >= 15 is 0 Å². The van der Waals surface area contributed by atoms with Crippen LogP contribution in [-0.2, 0) is 0 Å². The highest BCUT2D eigenvalue weighted by Gasteiger charge is 1.98. The molecule has 0 unspecified atom stereocenters. The molecular weight excluding hydrogens is 190 g/mol. The SMILES string of the molecule is CC\C=C/C(=C/N)C(/N)=N/c1ccn[nH]1. The molecule has 0 spiro atoms. The minimum absolute atomic E-state index is 0.367. The third-order valence-electron chi connectivity index (χ3n) is 1.74. The molecule has 0 saturated carbocycles. The lowest BCUT2D eigenvalue weighted by Crippen LogP contribution is -2.14. The number of allylic oxidation sites excluding steroid dienone is 1. The van der Waals surface area contributed by atoms with Gasteiger partial charge in [0.1, 0.15) is 11.7 Å². The van der Waals surface area contributed by atoms with Crippen LogP contribution in [0, 0.1) is 0 Å². The number of nitrogens with zero attached hydrogens (tertiary/aromatic N) is 2. The molecule has 1 rings (SSSR count). The molecule has 0 aliphatic carbocycles. The van der Waals surface area contributed by atoms with Crippen LogP contribution in [0.1, 0.15) is 13.3 Å². The van der Waals surface area contributed by atoms with Gasteiger partial charge in [-0.1, -0.05) is 19.1 Å². The van der Waals surface area contributed by atoms with Crippen LogP contribution in [0.4, 0.5) is 5.82 Å². The summed E-state index contributed by atoms with van der Waals surface area (Å²) in [5, 5.41) is 6.46. The summed E-state index contributed by atoms with van der Waals surface area (Å²) < 4.78 is 0. The maximum absolute atomic E-state index is 5.76. The molecule has 1 heterocycles. The summed E-state index contributed by atoms with van der Waals surface area (Å²) in [6, 6.07) is 1.73. The van der Waals surface area contributed by atoms with Crippen molar-refractivity contribution in [1.82, 2.24) is 10.2 Å². The van der Waals surface area contributed by atoms with Gasteiger partial charge in [0.25, 0.3) is 0 Å². The number of nitrogens with one attached hydrogen (secondary N) is 1. The van der Waals surface area contributed by atoms with E-state index in [2.05, 4.69) is 15.2 Å². The molecule has 5 N–H and O–H groups in total. The zero-order valence-corrected chi connectivity index (χ0v) is 8.64. The molecule has 0 bridgehead atoms. The van der Waals surface area contributed by atoms with Crippen molar-refractivity contribution in [1.29, 1.82) is 0 Å². The third kappa shape index (κ3) is 3.30. The number of aromatic nitrogens is 2. The number of hydrogen-bond acceptors (Lipinski definition) is 3. The highest BCUT2D eigenvalue weighted by atomic mass is 15.2. The minimum atomic E-state index is 0.367. The second kappa shape index (κ2) is 5.64. The van der Waals surface area contributed by atoms with E-state index in [9.17, 15) is 0 Å². The monoisotopic (exact) mass is 205 g/mol. The first kappa shape index (κ1) is 11.0. The summed E-state index contributed by atoms with van der Waals surface area (Å²) in [5.41, 5.74) is 11.9. The largest absolute Gasteiger partial charge is 0.404 e. The Morgan fingerprint density at radius 1 is 1.67 bits per heavy atom. The predicted molar refractivity (Wildman–Crippen MR) is 61.6 cm³/mol. The number of aliphatic imine (C=N–C) groups is 1. The van der Waals surface area contributed by atoms with Crippen molar-refractivity contribution in [3.63, 3.8) is 0 Å². The van der Waals surface area contributed by atoms with Gasteiger partial charge in [0, 0.05) is 17.8 Å². The normalized spacial score (nSPS) is 13.7. The van der Waals surface area contributed by atoms with Gasteiger partial charge in [-0.3, -0.25) is 5.10 Å². The van der Waals surface area contributed by atoms with Gasteiger partial charge in [0.2, 0.25) is 0 Å². The maximum Gasteiger partial charge on any atom is 0.150 e. The van der Waals surface area contributed by atoms with Gasteiger partial charge in [-0.15, -0.1) is 0 Å². The molecule has 0 amide bonds. The molecule has 15 heavy (non-hydrogen) atoms. The van der Waals surface area contributed by atoms with E-state index in [1.807, 2.05) is 19.1 Å². The fraction of sp³-hybridized carbons (Fsp3) is 0.200. The van der Waals surface area contributed by atoms with Gasteiger partial charge in [-0.2, -0.15) is 5.10 Å². The predicted octanol–water partition coefficient (Wildman–Crippen LogP) is 1.21. The molecule has 80 valence electrons. The van der Waals surface area contributed by atoms with E-state index in [1.54, 1.807) is 12.3 Å². The van der Waals surface area contributed by atoms with Gasteiger partial charge < -0.3 is 11.5 Å². The Bertz CT molecular complexity index is 373. The summed E-state index contributed by atoms with van der Waals surface area (Å²) in [6.45, 7) is 2.03. The van der Waals surface area contributed by atoms with Gasteiger partial charge in [-0.05, 0) is 6.42 Å². The fourth-order valence-corrected chi connectivity index (χ4v) is 0.976. The topological polar surface area (TPSA) is 93.1 Å². The summed E-state index contributed by atoms with van der Waals surface area (Å²) in [7, 11) is 0. The average molecular weight is 205 g/mol. The first-order valence-corrected chi connectivity index (χ1v) is 4.70. The third-order valence-corrected chi connectivity index (χ3v) is 1.74. The zero-order valence-electron chi connectivity index (χ0n) is 8.64. The summed E-state index contributed by atoms with van der Waals surface area (Å²) in [5.74, 6) is 0.975. The van der Waals surface area contributed by atoms with E-state index < -0.39 is 0 Å². The number of H-pyrrole nitrogens is 1. The smallest absolute Gasteiger partial charge is 0.150 e. The van der Waals surface area contributed by atoms with Gasteiger partial charge in [0.15, 0.2) is 0 Å². The standard InChI is InChI=1S/C10H15N5/c1-2-3-4-8(7-11)10(12)14-9-5-6-13-15-9/h3-7H,2,11H2,1H3,(H3,12,13,14,15)/b4-3-,8-7-. The molecule has 1 aromatic rings. The molecular formula is C10H15N5. The van der Waals surface area contributed by atoms with Gasteiger partial charge in [0.05, 0.1) is 6.20 Å². The molecule has 0 aliphatic rings. The lowest BCUT2D eigenvalue weighted by atomic mass is 10.2. The van der Waals surface area contributed by atoms with Crippen molar-refractivity contribution in [2.45, 2.75) is 13.3 Å². The van der Waals surface area contributed by atoms with Gasteiger partial charge in [-0.25, -0.2) is 4.99 Å². The number of amidine groups is 1. The van der Waals surface area contributed by atoms with Crippen LogP contribution < -0.4 is 11.5 Å². The molecule has 0 atom stereocenters. The number of rotatable bonds is 4. The Labute approximate surface area is 88.6 Å². The van der Waals surface area contributed by atoms with Crippen LogP contribution in [0.25, 0.3) is 0 Å². The first-order chi connectivity index (χ1) is 7.27. The Morgan fingerprint density at radius 2 is 2.47 bits per heavy atom. The Morgan fingerprint density at radius 3 is 3.00 bits per heavy atom. The summed E-state index contributed by atoms with van der Waals surface area (Å²) in [4.78, 5) is 4.12. The van der Waals surface area contributed by atoms with Crippen LogP contribution in [-0.4, -0.2) is 16.0 Å². The highest BCUT2D eigenvalue weighted by molar-refractivity contribution is 6.00. The first-order valence-electron chi connectivity index (χ1n) is 4.70.